The molecule has 3 aromatic rings. The van der Waals surface area contributed by atoms with Gasteiger partial charge in [0.2, 0.25) is 10.0 Å². The highest BCUT2D eigenvalue weighted by atomic mass is 32.2. The van der Waals surface area contributed by atoms with Crippen molar-refractivity contribution in [2.45, 2.75) is 31.2 Å². The van der Waals surface area contributed by atoms with Gasteiger partial charge in [0.1, 0.15) is 5.82 Å². The summed E-state index contributed by atoms with van der Waals surface area (Å²) in [6.45, 7) is 4.07. The maximum atomic E-state index is 13.9. The van der Waals surface area contributed by atoms with Gasteiger partial charge in [0, 0.05) is 12.0 Å². The van der Waals surface area contributed by atoms with E-state index in [9.17, 15) is 12.8 Å². The molecule has 0 fully saturated rings. The topological polar surface area (TPSA) is 75.8 Å². The van der Waals surface area contributed by atoms with Gasteiger partial charge in [-0.3, -0.25) is 5.01 Å². The summed E-state index contributed by atoms with van der Waals surface area (Å²) in [5.41, 5.74) is 5.72. The van der Waals surface area contributed by atoms with Crippen LogP contribution in [-0.2, 0) is 10.0 Å². The zero-order valence-electron chi connectivity index (χ0n) is 16.7. The van der Waals surface area contributed by atoms with E-state index in [-0.39, 0.29) is 16.8 Å². The van der Waals surface area contributed by atoms with E-state index in [2.05, 4.69) is 18.2 Å². The average molecular weight is 424 g/mol. The molecule has 1 aliphatic rings. The van der Waals surface area contributed by atoms with E-state index < -0.39 is 10.0 Å². The van der Waals surface area contributed by atoms with E-state index in [0.717, 1.165) is 28.0 Å². The minimum atomic E-state index is -3.78. The molecule has 154 valence electrons. The normalized spacial score (nSPS) is 16.6. The van der Waals surface area contributed by atoms with E-state index in [1.165, 1.54) is 24.3 Å². The molecule has 1 heterocycles. The van der Waals surface area contributed by atoms with Gasteiger partial charge in [-0.2, -0.15) is 5.10 Å². The molecule has 0 aliphatic carbocycles. The monoisotopic (exact) mass is 423 g/mol. The molecular weight excluding hydrogens is 401 g/mol. The molecule has 1 aliphatic heterocycles. The van der Waals surface area contributed by atoms with E-state index in [4.69, 9.17) is 10.2 Å². The van der Waals surface area contributed by atoms with Crippen molar-refractivity contribution in [2.24, 2.45) is 10.2 Å². The number of hydrazone groups is 1. The van der Waals surface area contributed by atoms with Gasteiger partial charge in [-0.1, -0.05) is 29.8 Å². The van der Waals surface area contributed by atoms with Crippen LogP contribution < -0.4 is 10.1 Å². The van der Waals surface area contributed by atoms with Crippen molar-refractivity contribution in [1.29, 1.82) is 0 Å². The summed E-state index contributed by atoms with van der Waals surface area (Å²) < 4.78 is 37.1. The second kappa shape index (κ2) is 7.66. The highest BCUT2D eigenvalue weighted by Gasteiger charge is 2.31. The number of hydrogen-bond donors (Lipinski definition) is 1. The van der Waals surface area contributed by atoms with Crippen molar-refractivity contribution in [3.8, 4) is 0 Å². The Kier molecular flexibility index (Phi) is 5.17. The molecule has 5 nitrogen and oxygen atoms in total. The fourth-order valence-corrected chi connectivity index (χ4v) is 4.24. The third-order valence-electron chi connectivity index (χ3n) is 5.28. The third kappa shape index (κ3) is 3.99. The lowest BCUT2D eigenvalue weighted by molar-refractivity contribution is 0.597. The van der Waals surface area contributed by atoms with Gasteiger partial charge < -0.3 is 0 Å². The number of halogens is 1. The summed E-state index contributed by atoms with van der Waals surface area (Å²) in [6, 6.07) is 18.7. The number of hydrogen-bond acceptors (Lipinski definition) is 4. The highest BCUT2D eigenvalue weighted by Crippen LogP contribution is 2.37. The second-order valence-corrected chi connectivity index (χ2v) is 9.08. The number of nitrogens with zero attached hydrogens (tertiary/aromatic N) is 2. The molecule has 1 unspecified atom stereocenters. The van der Waals surface area contributed by atoms with Crippen molar-refractivity contribution in [2.75, 3.05) is 5.01 Å². The van der Waals surface area contributed by atoms with Crippen LogP contribution in [0, 0.1) is 19.7 Å². The minimum absolute atomic E-state index is 0.0338. The molecule has 0 saturated heterocycles. The number of nitrogens with two attached hydrogens (primary N) is 1. The van der Waals surface area contributed by atoms with Crippen LogP contribution in [0.4, 0.5) is 10.1 Å². The first kappa shape index (κ1) is 20.3. The van der Waals surface area contributed by atoms with Crippen LogP contribution in [-0.4, -0.2) is 14.1 Å². The number of benzene rings is 3. The molecule has 0 radical (unpaired) electrons. The number of sulfonamides is 1. The lowest BCUT2D eigenvalue weighted by Gasteiger charge is -2.24. The fourth-order valence-electron chi connectivity index (χ4n) is 3.72. The molecule has 30 heavy (non-hydrogen) atoms. The number of rotatable bonds is 4. The van der Waals surface area contributed by atoms with Gasteiger partial charge in [0.15, 0.2) is 0 Å². The van der Waals surface area contributed by atoms with Gasteiger partial charge in [-0.25, -0.2) is 17.9 Å². The molecule has 1 atom stereocenters. The minimum Gasteiger partial charge on any atom is -0.257 e. The van der Waals surface area contributed by atoms with Crippen LogP contribution in [0.2, 0.25) is 0 Å². The summed E-state index contributed by atoms with van der Waals surface area (Å²) >= 11 is 0. The van der Waals surface area contributed by atoms with Gasteiger partial charge in [-0.15, -0.1) is 0 Å². The largest absolute Gasteiger partial charge is 0.257 e. The van der Waals surface area contributed by atoms with E-state index in [0.29, 0.717) is 12.1 Å². The smallest absolute Gasteiger partial charge is 0.238 e. The Morgan fingerprint density at radius 1 is 1.03 bits per heavy atom. The number of aryl methyl sites for hydroxylation is 2. The Morgan fingerprint density at radius 2 is 1.77 bits per heavy atom. The molecule has 0 amide bonds. The Balaban J connectivity index is 1.79. The van der Waals surface area contributed by atoms with Crippen molar-refractivity contribution in [1.82, 2.24) is 0 Å². The van der Waals surface area contributed by atoms with Gasteiger partial charge in [-0.05, 0) is 67.4 Å². The van der Waals surface area contributed by atoms with E-state index in [1.807, 2.05) is 24.9 Å². The van der Waals surface area contributed by atoms with Crippen LogP contribution in [0.15, 0.2) is 76.7 Å². The zero-order chi connectivity index (χ0) is 21.5. The van der Waals surface area contributed by atoms with Crippen LogP contribution in [0.1, 0.15) is 34.7 Å². The molecule has 0 bridgehead atoms. The Bertz CT molecular complexity index is 1240. The Hall–Kier alpha value is -3.03. The van der Waals surface area contributed by atoms with Crippen LogP contribution in [0.5, 0.6) is 0 Å². The summed E-state index contributed by atoms with van der Waals surface area (Å²) in [7, 11) is -3.78. The van der Waals surface area contributed by atoms with Gasteiger partial charge >= 0.3 is 0 Å². The SMILES string of the molecule is Cc1ccc(C)c(C2=NN(c3ccc(S(N)(=O)=O)cc3)C(c3cccc(F)c3)C2)c1. The van der Waals surface area contributed by atoms with E-state index >= 15 is 0 Å². The summed E-state index contributed by atoms with van der Waals surface area (Å²) in [4.78, 5) is 0.0338. The van der Waals surface area contributed by atoms with Crippen molar-refractivity contribution < 1.29 is 12.8 Å². The predicted octanol–water partition coefficient (Wildman–Crippen LogP) is 4.45. The molecule has 2 N–H and O–H groups in total. The summed E-state index contributed by atoms with van der Waals surface area (Å²) in [5.74, 6) is -0.308. The molecule has 4 rings (SSSR count). The second-order valence-electron chi connectivity index (χ2n) is 7.52. The van der Waals surface area contributed by atoms with Crippen molar-refractivity contribution in [3.63, 3.8) is 0 Å². The van der Waals surface area contributed by atoms with Crippen molar-refractivity contribution >= 4 is 21.4 Å². The van der Waals surface area contributed by atoms with Crippen LogP contribution in [0.25, 0.3) is 0 Å². The fraction of sp³-hybridized carbons (Fsp3) is 0.174. The predicted molar refractivity (Wildman–Crippen MR) is 117 cm³/mol. The van der Waals surface area contributed by atoms with Gasteiger partial charge in [0.05, 0.1) is 22.3 Å². The molecule has 0 saturated carbocycles. The molecule has 0 aromatic heterocycles. The first-order chi connectivity index (χ1) is 14.2. The Labute approximate surface area is 175 Å². The summed E-state index contributed by atoms with van der Waals surface area (Å²) in [6.07, 6.45) is 0.602. The lowest BCUT2D eigenvalue weighted by Crippen LogP contribution is -2.19. The summed E-state index contributed by atoms with van der Waals surface area (Å²) in [5, 5.41) is 11.9. The first-order valence-electron chi connectivity index (χ1n) is 9.55. The van der Waals surface area contributed by atoms with Crippen LogP contribution in [0.3, 0.4) is 0 Å². The Morgan fingerprint density at radius 3 is 2.43 bits per heavy atom. The van der Waals surface area contributed by atoms with Crippen LogP contribution >= 0.6 is 0 Å². The maximum absolute atomic E-state index is 13.9. The average Bonchev–Trinajstić information content (AvgIpc) is 3.14. The lowest BCUT2D eigenvalue weighted by atomic mass is 9.95. The molecule has 7 heteroatoms. The molecular formula is C23H22FN3O2S. The van der Waals surface area contributed by atoms with Crippen molar-refractivity contribution in [3.05, 3.63) is 94.8 Å². The third-order valence-corrected chi connectivity index (χ3v) is 6.21. The number of anilines is 1. The number of primary sulfonamides is 1. The highest BCUT2D eigenvalue weighted by molar-refractivity contribution is 7.89. The van der Waals surface area contributed by atoms with Gasteiger partial charge in [0.25, 0.3) is 0 Å². The van der Waals surface area contributed by atoms with E-state index in [1.54, 1.807) is 18.2 Å². The maximum Gasteiger partial charge on any atom is 0.238 e. The molecule has 0 spiro atoms. The quantitative estimate of drug-likeness (QED) is 0.674. The zero-order valence-corrected chi connectivity index (χ0v) is 17.5. The molecule has 3 aromatic carbocycles. The first-order valence-corrected chi connectivity index (χ1v) is 11.1. The standard InChI is InChI=1S/C23H22FN3O2S/c1-15-6-7-16(2)21(12-15)22-14-23(17-4-3-5-18(24)13-17)27(26-22)19-8-10-20(11-9-19)30(25,28)29/h3-13,23H,14H2,1-2H3,(H2,25,28,29).